The Labute approximate surface area is 201 Å². The zero-order chi connectivity index (χ0) is 23.7. The molecule has 2 unspecified atom stereocenters. The number of rotatable bonds is 6. The lowest BCUT2D eigenvalue weighted by Crippen LogP contribution is -2.48. The quantitative estimate of drug-likeness (QED) is 0.376. The molecule has 4 heterocycles. The molecule has 1 fully saturated rings. The van der Waals surface area contributed by atoms with Crippen LogP contribution in [-0.2, 0) is 10.5 Å². The minimum atomic E-state index is -0.148. The van der Waals surface area contributed by atoms with E-state index < -0.39 is 0 Å². The number of hydrogen-bond acceptors (Lipinski definition) is 8. The lowest BCUT2D eigenvalue weighted by molar-refractivity contribution is -0.0587. The molecule has 34 heavy (non-hydrogen) atoms. The van der Waals surface area contributed by atoms with Crippen molar-refractivity contribution in [2.24, 2.45) is 0 Å². The number of carbonyl (C=O) groups is 1. The molecule has 0 aliphatic carbocycles. The van der Waals surface area contributed by atoms with Crippen molar-refractivity contribution in [1.29, 1.82) is 0 Å². The molecule has 1 aliphatic rings. The summed E-state index contributed by atoms with van der Waals surface area (Å²) in [6, 6.07) is 11.8. The first-order chi connectivity index (χ1) is 16.5. The van der Waals surface area contributed by atoms with Gasteiger partial charge in [-0.3, -0.25) is 9.36 Å². The number of thioether (sulfide) groups is 1. The van der Waals surface area contributed by atoms with Crippen molar-refractivity contribution in [3.63, 3.8) is 0 Å². The number of ether oxygens (including phenoxy) is 1. The second kappa shape index (κ2) is 9.47. The molecule has 1 aliphatic heterocycles. The van der Waals surface area contributed by atoms with Crippen LogP contribution in [0, 0.1) is 6.92 Å². The van der Waals surface area contributed by atoms with Crippen LogP contribution in [0.1, 0.15) is 35.8 Å². The predicted octanol–water partition coefficient (Wildman–Crippen LogP) is 4.37. The van der Waals surface area contributed by atoms with Crippen LogP contribution in [0.15, 0.2) is 62.9 Å². The van der Waals surface area contributed by atoms with Crippen LogP contribution in [0.3, 0.4) is 0 Å². The van der Waals surface area contributed by atoms with Gasteiger partial charge in [0.2, 0.25) is 11.7 Å². The van der Waals surface area contributed by atoms with Gasteiger partial charge < -0.3 is 18.5 Å². The number of morpholine rings is 1. The topological polar surface area (TPSA) is 99.4 Å². The van der Waals surface area contributed by atoms with Crippen LogP contribution in [0.2, 0.25) is 0 Å². The van der Waals surface area contributed by atoms with Gasteiger partial charge in [0, 0.05) is 13.1 Å². The predicted molar refractivity (Wildman–Crippen MR) is 126 cm³/mol. The van der Waals surface area contributed by atoms with Gasteiger partial charge in [-0.05, 0) is 50.6 Å². The van der Waals surface area contributed by atoms with Crippen LogP contribution in [0.5, 0.6) is 0 Å². The Morgan fingerprint density at radius 1 is 1.12 bits per heavy atom. The van der Waals surface area contributed by atoms with Gasteiger partial charge in [-0.25, -0.2) is 4.98 Å². The molecule has 4 aromatic rings. The number of oxazole rings is 1. The van der Waals surface area contributed by atoms with E-state index in [9.17, 15) is 4.79 Å². The molecule has 176 valence electrons. The minimum Gasteiger partial charge on any atom is -0.461 e. The Balaban J connectivity index is 1.35. The summed E-state index contributed by atoms with van der Waals surface area (Å²) in [4.78, 5) is 19.1. The maximum atomic E-state index is 12.9. The Bertz CT molecular complexity index is 1270. The maximum absolute atomic E-state index is 12.9. The molecule has 1 amide bonds. The summed E-state index contributed by atoms with van der Waals surface area (Å²) < 4.78 is 18.8. The van der Waals surface area contributed by atoms with E-state index in [0.29, 0.717) is 47.2 Å². The molecule has 0 N–H and O–H groups in total. The van der Waals surface area contributed by atoms with Crippen LogP contribution < -0.4 is 0 Å². The standard InChI is InChI=1S/C24H25N5O4S/c1-15-6-4-7-18(10-15)29-22(20-8-5-9-31-20)26-27-24(29)34-14-21-25-19(13-32-21)23(30)28-11-16(2)33-17(3)12-28/h4-10,13,16-17H,11-12,14H2,1-3H3. The fourth-order valence-electron chi connectivity index (χ4n) is 4.04. The molecule has 0 spiro atoms. The van der Waals surface area contributed by atoms with Crippen molar-refractivity contribution in [2.75, 3.05) is 13.1 Å². The van der Waals surface area contributed by atoms with Gasteiger partial charge in [0.1, 0.15) is 6.26 Å². The van der Waals surface area contributed by atoms with Crippen LogP contribution in [-0.4, -0.2) is 55.9 Å². The number of aromatic nitrogens is 4. The highest BCUT2D eigenvalue weighted by atomic mass is 32.2. The molecular weight excluding hydrogens is 454 g/mol. The van der Waals surface area contributed by atoms with Crippen LogP contribution in [0.4, 0.5) is 0 Å². The highest BCUT2D eigenvalue weighted by molar-refractivity contribution is 7.98. The molecule has 5 rings (SSSR count). The summed E-state index contributed by atoms with van der Waals surface area (Å²) in [5.41, 5.74) is 2.35. The fourth-order valence-corrected chi connectivity index (χ4v) is 4.84. The molecule has 2 atom stereocenters. The molecule has 0 saturated carbocycles. The largest absolute Gasteiger partial charge is 0.461 e. The number of aryl methyl sites for hydroxylation is 1. The number of hydrogen-bond donors (Lipinski definition) is 0. The molecular formula is C24H25N5O4S. The van der Waals surface area contributed by atoms with Crippen molar-refractivity contribution >= 4 is 17.7 Å². The normalized spacial score (nSPS) is 18.4. The zero-order valence-electron chi connectivity index (χ0n) is 19.2. The van der Waals surface area contributed by atoms with Gasteiger partial charge in [-0.2, -0.15) is 0 Å². The highest BCUT2D eigenvalue weighted by Gasteiger charge is 2.28. The molecule has 9 nitrogen and oxygen atoms in total. The molecule has 3 aromatic heterocycles. The third kappa shape index (κ3) is 4.64. The number of benzene rings is 1. The van der Waals surface area contributed by atoms with Crippen molar-refractivity contribution in [1.82, 2.24) is 24.6 Å². The van der Waals surface area contributed by atoms with E-state index in [1.165, 1.54) is 18.0 Å². The third-order valence-corrected chi connectivity index (χ3v) is 6.35. The third-order valence-electron chi connectivity index (χ3n) is 5.44. The molecule has 0 bridgehead atoms. The van der Waals surface area contributed by atoms with Gasteiger partial charge in [0.05, 0.1) is 29.9 Å². The second-order valence-corrected chi connectivity index (χ2v) is 9.28. The van der Waals surface area contributed by atoms with Gasteiger partial charge in [0.15, 0.2) is 16.6 Å². The van der Waals surface area contributed by atoms with Gasteiger partial charge in [-0.1, -0.05) is 23.9 Å². The van der Waals surface area contributed by atoms with E-state index in [4.69, 9.17) is 13.6 Å². The molecule has 0 radical (unpaired) electrons. The Morgan fingerprint density at radius 3 is 2.68 bits per heavy atom. The van der Waals surface area contributed by atoms with Crippen molar-refractivity contribution < 1.29 is 18.4 Å². The highest BCUT2D eigenvalue weighted by Crippen LogP contribution is 2.30. The summed E-state index contributed by atoms with van der Waals surface area (Å²) in [6.45, 7) is 7.03. The number of carbonyl (C=O) groups excluding carboxylic acids is 1. The maximum Gasteiger partial charge on any atom is 0.275 e. The van der Waals surface area contributed by atoms with Gasteiger partial charge >= 0.3 is 0 Å². The Kier molecular flexibility index (Phi) is 6.25. The zero-order valence-corrected chi connectivity index (χ0v) is 20.0. The van der Waals surface area contributed by atoms with Crippen LogP contribution >= 0.6 is 11.8 Å². The Hall–Kier alpha value is -3.37. The summed E-state index contributed by atoms with van der Waals surface area (Å²) in [5, 5.41) is 9.41. The summed E-state index contributed by atoms with van der Waals surface area (Å²) in [5.74, 6) is 1.92. The number of furan rings is 1. The van der Waals surface area contributed by atoms with Gasteiger partial charge in [0.25, 0.3) is 5.91 Å². The van der Waals surface area contributed by atoms with Crippen LogP contribution in [0.25, 0.3) is 17.3 Å². The summed E-state index contributed by atoms with van der Waals surface area (Å²) in [6.07, 6.45) is 3.01. The Morgan fingerprint density at radius 2 is 1.94 bits per heavy atom. The number of nitrogens with zero attached hydrogens (tertiary/aromatic N) is 5. The van der Waals surface area contributed by atoms with E-state index in [-0.39, 0.29) is 18.1 Å². The minimum absolute atomic E-state index is 0.00836. The monoisotopic (exact) mass is 479 g/mol. The van der Waals surface area contributed by atoms with E-state index >= 15 is 0 Å². The number of amides is 1. The van der Waals surface area contributed by atoms with E-state index in [0.717, 1.165) is 11.3 Å². The molecule has 1 aromatic carbocycles. The van der Waals surface area contributed by atoms with Gasteiger partial charge in [-0.15, -0.1) is 10.2 Å². The lowest BCUT2D eigenvalue weighted by atomic mass is 10.2. The first-order valence-electron chi connectivity index (χ1n) is 11.1. The fraction of sp³-hybridized carbons (Fsp3) is 0.333. The first-order valence-corrected chi connectivity index (χ1v) is 12.0. The van der Waals surface area contributed by atoms with Crippen molar-refractivity contribution in [3.8, 4) is 17.3 Å². The van der Waals surface area contributed by atoms with E-state index in [2.05, 4.69) is 21.2 Å². The smallest absolute Gasteiger partial charge is 0.275 e. The average Bonchev–Trinajstić information content (AvgIpc) is 3.57. The summed E-state index contributed by atoms with van der Waals surface area (Å²) >= 11 is 1.43. The van der Waals surface area contributed by atoms with E-state index in [1.807, 2.05) is 55.7 Å². The first kappa shape index (κ1) is 22.4. The van der Waals surface area contributed by atoms with Crippen molar-refractivity contribution in [3.05, 3.63) is 66.1 Å². The molecule has 1 saturated heterocycles. The second-order valence-electron chi connectivity index (χ2n) is 8.34. The average molecular weight is 480 g/mol. The van der Waals surface area contributed by atoms with E-state index in [1.54, 1.807) is 11.2 Å². The van der Waals surface area contributed by atoms with Crippen molar-refractivity contribution in [2.45, 2.75) is 43.9 Å². The SMILES string of the molecule is Cc1cccc(-n2c(SCc3nc(C(=O)N4CC(C)OC(C)C4)co3)nnc2-c2ccco2)c1. The molecule has 10 heteroatoms. The summed E-state index contributed by atoms with van der Waals surface area (Å²) in [7, 11) is 0. The lowest BCUT2D eigenvalue weighted by Gasteiger charge is -2.34.